The van der Waals surface area contributed by atoms with Crippen LogP contribution in [0.2, 0.25) is 5.02 Å². The highest BCUT2D eigenvalue weighted by Crippen LogP contribution is 2.20. The second-order valence-corrected chi connectivity index (χ2v) is 7.12. The Balaban J connectivity index is 1.41. The van der Waals surface area contributed by atoms with Crippen LogP contribution < -0.4 is 5.32 Å². The Hall–Kier alpha value is -3.13. The number of rotatable bonds is 5. The SMILES string of the molecule is O=C(NCC(=O)N1CCN(C(=O)c2ccc(F)cc2Cl)CC1)OCc1ccccc1. The zero-order valence-electron chi connectivity index (χ0n) is 16.1. The van der Waals surface area contributed by atoms with Gasteiger partial charge in [0.05, 0.1) is 10.6 Å². The van der Waals surface area contributed by atoms with E-state index in [2.05, 4.69) is 5.32 Å². The molecule has 9 heteroatoms. The van der Waals surface area contributed by atoms with Crippen LogP contribution in [0.3, 0.4) is 0 Å². The third-order valence-corrected chi connectivity index (χ3v) is 4.99. The van der Waals surface area contributed by atoms with Gasteiger partial charge in [0.15, 0.2) is 0 Å². The maximum Gasteiger partial charge on any atom is 0.407 e. The molecule has 0 spiro atoms. The Morgan fingerprint density at radius 2 is 1.67 bits per heavy atom. The number of halogens is 2. The number of piperazine rings is 1. The monoisotopic (exact) mass is 433 g/mol. The number of amides is 3. The summed E-state index contributed by atoms with van der Waals surface area (Å²) in [6.07, 6.45) is -0.674. The van der Waals surface area contributed by atoms with Crippen LogP contribution in [-0.2, 0) is 16.1 Å². The molecule has 2 aromatic rings. The van der Waals surface area contributed by atoms with E-state index >= 15 is 0 Å². The van der Waals surface area contributed by atoms with Crippen molar-refractivity contribution in [2.75, 3.05) is 32.7 Å². The third kappa shape index (κ3) is 5.70. The molecule has 1 fully saturated rings. The van der Waals surface area contributed by atoms with Gasteiger partial charge in [0, 0.05) is 26.2 Å². The maximum atomic E-state index is 13.2. The summed E-state index contributed by atoms with van der Waals surface area (Å²) < 4.78 is 18.2. The van der Waals surface area contributed by atoms with Crippen molar-refractivity contribution in [2.45, 2.75) is 6.61 Å². The average molecular weight is 434 g/mol. The van der Waals surface area contributed by atoms with Crippen LogP contribution in [0.4, 0.5) is 9.18 Å². The van der Waals surface area contributed by atoms with Gasteiger partial charge in [-0.3, -0.25) is 9.59 Å². The minimum atomic E-state index is -0.674. The Morgan fingerprint density at radius 1 is 1.00 bits per heavy atom. The molecule has 0 radical (unpaired) electrons. The molecule has 1 saturated heterocycles. The van der Waals surface area contributed by atoms with Gasteiger partial charge in [-0.1, -0.05) is 41.9 Å². The van der Waals surface area contributed by atoms with E-state index in [-0.39, 0.29) is 35.6 Å². The van der Waals surface area contributed by atoms with Crippen molar-refractivity contribution >= 4 is 29.5 Å². The van der Waals surface area contributed by atoms with Crippen LogP contribution in [0.5, 0.6) is 0 Å². The predicted octanol–water partition coefficient (Wildman–Crippen LogP) is 2.69. The molecule has 0 aliphatic carbocycles. The first-order valence-corrected chi connectivity index (χ1v) is 9.78. The van der Waals surface area contributed by atoms with Gasteiger partial charge in [0.25, 0.3) is 5.91 Å². The van der Waals surface area contributed by atoms with E-state index in [1.165, 1.54) is 12.1 Å². The lowest BCUT2D eigenvalue weighted by Crippen LogP contribution is -2.52. The molecule has 7 nitrogen and oxygen atoms in total. The molecule has 30 heavy (non-hydrogen) atoms. The van der Waals surface area contributed by atoms with E-state index in [4.69, 9.17) is 16.3 Å². The molecule has 1 aliphatic heterocycles. The Morgan fingerprint density at radius 3 is 2.33 bits per heavy atom. The fraction of sp³-hybridized carbons (Fsp3) is 0.286. The molecule has 0 atom stereocenters. The number of nitrogens with one attached hydrogen (secondary N) is 1. The third-order valence-electron chi connectivity index (χ3n) is 4.68. The second kappa shape index (κ2) is 10.1. The Kier molecular flexibility index (Phi) is 7.24. The van der Waals surface area contributed by atoms with Crippen molar-refractivity contribution in [3.05, 3.63) is 70.5 Å². The maximum absolute atomic E-state index is 13.2. The van der Waals surface area contributed by atoms with Gasteiger partial charge < -0.3 is 19.9 Å². The summed E-state index contributed by atoms with van der Waals surface area (Å²) in [5.74, 6) is -1.09. The molecule has 3 amide bonds. The van der Waals surface area contributed by atoms with Gasteiger partial charge in [0.1, 0.15) is 19.0 Å². The van der Waals surface area contributed by atoms with Gasteiger partial charge in [-0.05, 0) is 23.8 Å². The summed E-state index contributed by atoms with van der Waals surface area (Å²) in [5, 5.41) is 2.49. The topological polar surface area (TPSA) is 79.0 Å². The number of alkyl carbamates (subject to hydrolysis) is 1. The van der Waals surface area contributed by atoms with Crippen LogP contribution in [-0.4, -0.2) is 60.4 Å². The predicted molar refractivity (Wildman–Crippen MR) is 109 cm³/mol. The van der Waals surface area contributed by atoms with Crippen LogP contribution in [0.15, 0.2) is 48.5 Å². The van der Waals surface area contributed by atoms with Gasteiger partial charge in [-0.25, -0.2) is 9.18 Å². The molecule has 3 rings (SSSR count). The molecule has 0 bridgehead atoms. The summed E-state index contributed by atoms with van der Waals surface area (Å²) in [6.45, 7) is 1.21. The van der Waals surface area contributed by atoms with E-state index in [9.17, 15) is 18.8 Å². The van der Waals surface area contributed by atoms with Gasteiger partial charge in [-0.2, -0.15) is 0 Å². The van der Waals surface area contributed by atoms with E-state index in [1.807, 2.05) is 30.3 Å². The second-order valence-electron chi connectivity index (χ2n) is 6.71. The summed E-state index contributed by atoms with van der Waals surface area (Å²) in [5.41, 5.74) is 1.07. The summed E-state index contributed by atoms with van der Waals surface area (Å²) in [7, 11) is 0. The van der Waals surface area contributed by atoms with E-state index < -0.39 is 11.9 Å². The fourth-order valence-electron chi connectivity index (χ4n) is 3.03. The number of carbonyl (C=O) groups is 3. The lowest BCUT2D eigenvalue weighted by atomic mass is 10.1. The molecule has 0 unspecified atom stereocenters. The summed E-state index contributed by atoms with van der Waals surface area (Å²) in [6, 6.07) is 12.8. The van der Waals surface area contributed by atoms with Gasteiger partial charge in [-0.15, -0.1) is 0 Å². The molecule has 1 N–H and O–H groups in total. The first-order valence-electron chi connectivity index (χ1n) is 9.40. The number of ether oxygens (including phenoxy) is 1. The molecule has 0 aromatic heterocycles. The minimum Gasteiger partial charge on any atom is -0.445 e. The minimum absolute atomic E-state index is 0.0525. The number of hydrogen-bond acceptors (Lipinski definition) is 4. The van der Waals surface area contributed by atoms with Crippen LogP contribution in [0.1, 0.15) is 15.9 Å². The highest BCUT2D eigenvalue weighted by molar-refractivity contribution is 6.33. The normalized spacial score (nSPS) is 13.7. The highest BCUT2D eigenvalue weighted by Gasteiger charge is 2.26. The molecular formula is C21H21ClFN3O4. The van der Waals surface area contributed by atoms with Crippen molar-refractivity contribution in [2.24, 2.45) is 0 Å². The van der Waals surface area contributed by atoms with Crippen LogP contribution >= 0.6 is 11.6 Å². The van der Waals surface area contributed by atoms with Gasteiger partial charge >= 0.3 is 6.09 Å². The average Bonchev–Trinajstić information content (AvgIpc) is 2.76. The molecule has 158 valence electrons. The standard InChI is InChI=1S/C21H21ClFN3O4/c22-18-12-16(23)6-7-17(18)20(28)26-10-8-25(9-11-26)19(27)13-24-21(29)30-14-15-4-2-1-3-5-15/h1-7,12H,8-11,13-14H2,(H,24,29). The number of benzene rings is 2. The molecular weight excluding hydrogens is 413 g/mol. The molecule has 1 heterocycles. The van der Waals surface area contributed by atoms with Crippen molar-refractivity contribution in [1.82, 2.24) is 15.1 Å². The van der Waals surface area contributed by atoms with E-state index in [0.717, 1.165) is 11.6 Å². The summed E-state index contributed by atoms with van der Waals surface area (Å²) >= 11 is 5.95. The Labute approximate surface area is 178 Å². The highest BCUT2D eigenvalue weighted by atomic mass is 35.5. The largest absolute Gasteiger partial charge is 0.445 e. The Bertz CT molecular complexity index is 918. The van der Waals surface area contributed by atoms with Crippen molar-refractivity contribution < 1.29 is 23.5 Å². The summed E-state index contributed by atoms with van der Waals surface area (Å²) in [4.78, 5) is 39.7. The van der Waals surface area contributed by atoms with Crippen molar-refractivity contribution in [3.63, 3.8) is 0 Å². The zero-order valence-corrected chi connectivity index (χ0v) is 16.9. The lowest BCUT2D eigenvalue weighted by Gasteiger charge is -2.35. The number of carbonyl (C=O) groups excluding carboxylic acids is 3. The number of nitrogens with zero attached hydrogens (tertiary/aromatic N) is 2. The first-order chi connectivity index (χ1) is 14.4. The van der Waals surface area contributed by atoms with Crippen LogP contribution in [0, 0.1) is 5.82 Å². The van der Waals surface area contributed by atoms with E-state index in [0.29, 0.717) is 26.2 Å². The van der Waals surface area contributed by atoms with Gasteiger partial charge in [0.2, 0.25) is 5.91 Å². The molecule has 2 aromatic carbocycles. The smallest absolute Gasteiger partial charge is 0.407 e. The van der Waals surface area contributed by atoms with Crippen molar-refractivity contribution in [1.29, 1.82) is 0 Å². The zero-order chi connectivity index (χ0) is 21.5. The molecule has 0 saturated carbocycles. The lowest BCUT2D eigenvalue weighted by molar-refractivity contribution is -0.131. The quantitative estimate of drug-likeness (QED) is 0.786. The number of hydrogen-bond donors (Lipinski definition) is 1. The van der Waals surface area contributed by atoms with Crippen LogP contribution in [0.25, 0.3) is 0 Å². The van der Waals surface area contributed by atoms with Crippen molar-refractivity contribution in [3.8, 4) is 0 Å². The molecule has 1 aliphatic rings. The first kappa shape index (κ1) is 21.6. The fourth-order valence-corrected chi connectivity index (χ4v) is 3.27. The van der Waals surface area contributed by atoms with E-state index in [1.54, 1.807) is 9.80 Å².